The molecule has 1 aliphatic rings. The van der Waals surface area contributed by atoms with E-state index in [1.807, 2.05) is 18.1 Å². The predicted octanol–water partition coefficient (Wildman–Crippen LogP) is 1.98. The van der Waals surface area contributed by atoms with Crippen molar-refractivity contribution in [3.05, 3.63) is 29.6 Å². The van der Waals surface area contributed by atoms with Crippen LogP contribution in [0.1, 0.15) is 36.9 Å². The van der Waals surface area contributed by atoms with Gasteiger partial charge in [-0.3, -0.25) is 9.78 Å². The number of hydrogen-bond acceptors (Lipinski definition) is 2. The third-order valence-corrected chi connectivity index (χ3v) is 3.31. The van der Waals surface area contributed by atoms with Crippen LogP contribution in [0.2, 0.25) is 0 Å². The number of rotatable bonds is 2. The SMILES string of the molecule is CCc1ccc([C@@H]2CCC(=O)N(C)C2)cn1. The molecule has 3 heteroatoms. The fourth-order valence-electron chi connectivity index (χ4n) is 2.17. The Labute approximate surface area is 96.5 Å². The first kappa shape index (κ1) is 11.1. The van der Waals surface area contributed by atoms with Gasteiger partial charge in [-0.25, -0.2) is 0 Å². The third-order valence-electron chi connectivity index (χ3n) is 3.31. The molecule has 1 aliphatic heterocycles. The van der Waals surface area contributed by atoms with E-state index in [2.05, 4.69) is 24.0 Å². The van der Waals surface area contributed by atoms with Crippen LogP contribution in [0.4, 0.5) is 0 Å². The molecule has 16 heavy (non-hydrogen) atoms. The highest BCUT2D eigenvalue weighted by Crippen LogP contribution is 2.26. The lowest BCUT2D eigenvalue weighted by Gasteiger charge is -2.29. The van der Waals surface area contributed by atoms with E-state index in [0.717, 1.165) is 25.1 Å². The highest BCUT2D eigenvalue weighted by molar-refractivity contribution is 5.76. The lowest BCUT2D eigenvalue weighted by molar-refractivity contribution is -0.132. The topological polar surface area (TPSA) is 33.2 Å². The number of pyridine rings is 1. The number of nitrogens with zero attached hydrogens (tertiary/aromatic N) is 2. The Bertz CT molecular complexity index is 372. The van der Waals surface area contributed by atoms with Gasteiger partial charge in [0.25, 0.3) is 0 Å². The summed E-state index contributed by atoms with van der Waals surface area (Å²) in [5.41, 5.74) is 2.39. The Hall–Kier alpha value is -1.38. The Balaban J connectivity index is 2.09. The molecule has 1 aromatic rings. The summed E-state index contributed by atoms with van der Waals surface area (Å²) in [6.07, 6.45) is 4.56. The van der Waals surface area contributed by atoms with Gasteiger partial charge in [-0.15, -0.1) is 0 Å². The number of likely N-dealkylation sites (tertiary alicyclic amines) is 1. The van der Waals surface area contributed by atoms with Crippen molar-refractivity contribution in [2.24, 2.45) is 0 Å². The number of aryl methyl sites for hydroxylation is 1. The van der Waals surface area contributed by atoms with Crippen LogP contribution in [0.15, 0.2) is 18.3 Å². The molecular formula is C13H18N2O. The highest BCUT2D eigenvalue weighted by Gasteiger charge is 2.23. The Morgan fingerprint density at radius 3 is 2.88 bits per heavy atom. The third kappa shape index (κ3) is 2.23. The molecule has 1 atom stereocenters. The zero-order valence-corrected chi connectivity index (χ0v) is 9.94. The summed E-state index contributed by atoms with van der Waals surface area (Å²) in [6, 6.07) is 4.24. The maximum absolute atomic E-state index is 11.4. The largest absolute Gasteiger partial charge is 0.345 e. The minimum absolute atomic E-state index is 0.259. The van der Waals surface area contributed by atoms with Crippen molar-refractivity contribution in [3.8, 4) is 0 Å². The highest BCUT2D eigenvalue weighted by atomic mass is 16.2. The Morgan fingerprint density at radius 2 is 2.31 bits per heavy atom. The fraction of sp³-hybridized carbons (Fsp3) is 0.538. The summed E-state index contributed by atoms with van der Waals surface area (Å²) in [7, 11) is 1.88. The number of hydrogen-bond donors (Lipinski definition) is 0. The molecule has 0 aromatic carbocycles. The quantitative estimate of drug-likeness (QED) is 0.760. The lowest BCUT2D eigenvalue weighted by Crippen LogP contribution is -2.35. The van der Waals surface area contributed by atoms with Gasteiger partial charge in [0, 0.05) is 37.8 Å². The summed E-state index contributed by atoms with van der Waals surface area (Å²) in [6.45, 7) is 2.93. The zero-order valence-electron chi connectivity index (χ0n) is 9.94. The smallest absolute Gasteiger partial charge is 0.222 e. The standard InChI is InChI=1S/C13H18N2O/c1-3-12-6-4-10(8-14-12)11-5-7-13(16)15(2)9-11/h4,6,8,11H,3,5,7,9H2,1-2H3/t11-/m1/s1. The van der Waals surface area contributed by atoms with Crippen LogP contribution in [0.3, 0.4) is 0 Å². The van der Waals surface area contributed by atoms with Gasteiger partial charge in [0.1, 0.15) is 0 Å². The van der Waals surface area contributed by atoms with Crippen molar-refractivity contribution in [2.45, 2.75) is 32.1 Å². The average Bonchev–Trinajstić information content (AvgIpc) is 2.33. The number of amides is 1. The van der Waals surface area contributed by atoms with E-state index in [0.29, 0.717) is 12.3 Å². The lowest BCUT2D eigenvalue weighted by atomic mass is 9.91. The number of likely N-dealkylation sites (N-methyl/N-ethyl adjacent to an activating group) is 1. The van der Waals surface area contributed by atoms with Crippen LogP contribution in [-0.2, 0) is 11.2 Å². The van der Waals surface area contributed by atoms with Crippen LogP contribution < -0.4 is 0 Å². The second-order valence-corrected chi connectivity index (χ2v) is 4.45. The van der Waals surface area contributed by atoms with E-state index < -0.39 is 0 Å². The van der Waals surface area contributed by atoms with E-state index in [1.54, 1.807) is 0 Å². The molecule has 0 aliphatic carbocycles. The molecule has 1 amide bonds. The second kappa shape index (κ2) is 4.64. The van der Waals surface area contributed by atoms with Gasteiger partial charge in [0.05, 0.1) is 0 Å². The van der Waals surface area contributed by atoms with E-state index in [-0.39, 0.29) is 5.91 Å². The molecular weight excluding hydrogens is 200 g/mol. The van der Waals surface area contributed by atoms with Crippen molar-refractivity contribution in [1.29, 1.82) is 0 Å². The van der Waals surface area contributed by atoms with Crippen LogP contribution in [0.5, 0.6) is 0 Å². The summed E-state index contributed by atoms with van der Waals surface area (Å²) < 4.78 is 0. The molecule has 3 nitrogen and oxygen atoms in total. The summed E-state index contributed by atoms with van der Waals surface area (Å²) in [5, 5.41) is 0. The van der Waals surface area contributed by atoms with Crippen molar-refractivity contribution in [1.82, 2.24) is 9.88 Å². The molecule has 86 valence electrons. The molecule has 0 radical (unpaired) electrons. The van der Waals surface area contributed by atoms with Crippen LogP contribution in [-0.4, -0.2) is 29.4 Å². The van der Waals surface area contributed by atoms with Gasteiger partial charge in [-0.2, -0.15) is 0 Å². The van der Waals surface area contributed by atoms with Crippen LogP contribution in [0.25, 0.3) is 0 Å². The predicted molar refractivity (Wildman–Crippen MR) is 63.2 cm³/mol. The van der Waals surface area contributed by atoms with Crippen LogP contribution in [0, 0.1) is 0 Å². The van der Waals surface area contributed by atoms with Crippen LogP contribution >= 0.6 is 0 Å². The number of piperidine rings is 1. The molecule has 1 saturated heterocycles. The van der Waals surface area contributed by atoms with Gasteiger partial charge >= 0.3 is 0 Å². The maximum atomic E-state index is 11.4. The summed E-state index contributed by atoms with van der Waals surface area (Å²) >= 11 is 0. The average molecular weight is 218 g/mol. The molecule has 0 bridgehead atoms. The molecule has 2 rings (SSSR count). The van der Waals surface area contributed by atoms with Crippen molar-refractivity contribution >= 4 is 5.91 Å². The van der Waals surface area contributed by atoms with E-state index in [9.17, 15) is 4.79 Å². The molecule has 0 spiro atoms. The molecule has 0 N–H and O–H groups in total. The minimum Gasteiger partial charge on any atom is -0.345 e. The van der Waals surface area contributed by atoms with Gasteiger partial charge in [-0.05, 0) is 24.5 Å². The van der Waals surface area contributed by atoms with Gasteiger partial charge in [0.15, 0.2) is 0 Å². The molecule has 1 fully saturated rings. The Kier molecular flexibility index (Phi) is 3.22. The van der Waals surface area contributed by atoms with Gasteiger partial charge < -0.3 is 4.90 Å². The van der Waals surface area contributed by atoms with E-state index >= 15 is 0 Å². The normalized spacial score (nSPS) is 21.2. The summed E-state index contributed by atoms with van der Waals surface area (Å²) in [5.74, 6) is 0.718. The Morgan fingerprint density at radius 1 is 1.50 bits per heavy atom. The van der Waals surface area contributed by atoms with Crippen molar-refractivity contribution < 1.29 is 4.79 Å². The van der Waals surface area contributed by atoms with Crippen molar-refractivity contribution in [3.63, 3.8) is 0 Å². The fourth-order valence-corrected chi connectivity index (χ4v) is 2.17. The monoisotopic (exact) mass is 218 g/mol. The van der Waals surface area contributed by atoms with Gasteiger partial charge in [0.2, 0.25) is 5.91 Å². The summed E-state index contributed by atoms with van der Waals surface area (Å²) in [4.78, 5) is 17.6. The number of carbonyl (C=O) groups is 1. The first-order valence-electron chi connectivity index (χ1n) is 5.89. The van der Waals surface area contributed by atoms with Gasteiger partial charge in [-0.1, -0.05) is 13.0 Å². The molecule has 1 aromatic heterocycles. The van der Waals surface area contributed by atoms with E-state index in [1.165, 1.54) is 5.56 Å². The number of aromatic nitrogens is 1. The molecule has 0 saturated carbocycles. The number of carbonyl (C=O) groups excluding carboxylic acids is 1. The minimum atomic E-state index is 0.259. The zero-order chi connectivity index (χ0) is 11.5. The molecule has 2 heterocycles. The first-order chi connectivity index (χ1) is 7.70. The van der Waals surface area contributed by atoms with E-state index in [4.69, 9.17) is 0 Å². The maximum Gasteiger partial charge on any atom is 0.222 e. The second-order valence-electron chi connectivity index (χ2n) is 4.45. The first-order valence-corrected chi connectivity index (χ1v) is 5.89. The molecule has 0 unspecified atom stereocenters. The van der Waals surface area contributed by atoms with Crippen molar-refractivity contribution in [2.75, 3.05) is 13.6 Å².